The van der Waals surface area contributed by atoms with Crippen LogP contribution in [0.15, 0.2) is 24.3 Å². The third kappa shape index (κ3) is 6.57. The molecule has 0 spiro atoms. The first-order valence-corrected chi connectivity index (χ1v) is 7.05. The predicted octanol–water partition coefficient (Wildman–Crippen LogP) is 2.82. The van der Waals surface area contributed by atoms with Crippen molar-refractivity contribution in [2.24, 2.45) is 0 Å². The van der Waals surface area contributed by atoms with Crippen molar-refractivity contribution >= 4 is 5.97 Å². The lowest BCUT2D eigenvalue weighted by molar-refractivity contribution is -0.137. The fourth-order valence-electron chi connectivity index (χ4n) is 1.78. The number of benzene rings is 1. The van der Waals surface area contributed by atoms with Crippen LogP contribution in [-0.2, 0) is 10.2 Å². The Hall–Kier alpha value is -1.55. The van der Waals surface area contributed by atoms with Crippen molar-refractivity contribution in [3.63, 3.8) is 0 Å². The van der Waals surface area contributed by atoms with E-state index in [2.05, 4.69) is 38.2 Å². The van der Waals surface area contributed by atoms with E-state index in [1.807, 2.05) is 12.1 Å². The smallest absolute Gasteiger partial charge is 0.303 e. The summed E-state index contributed by atoms with van der Waals surface area (Å²) >= 11 is 0. The molecule has 0 heterocycles. The molecule has 1 aromatic rings. The number of carboxylic acids is 1. The van der Waals surface area contributed by atoms with Crippen LogP contribution in [0.2, 0.25) is 0 Å². The Morgan fingerprint density at radius 3 is 2.40 bits per heavy atom. The molecule has 0 fully saturated rings. The maximum Gasteiger partial charge on any atom is 0.303 e. The largest absolute Gasteiger partial charge is 0.492 e. The molecule has 0 amide bonds. The van der Waals surface area contributed by atoms with Crippen molar-refractivity contribution in [2.75, 3.05) is 19.7 Å². The van der Waals surface area contributed by atoms with Crippen molar-refractivity contribution in [3.05, 3.63) is 29.8 Å². The third-order valence-electron chi connectivity index (χ3n) is 3.01. The second kappa shape index (κ2) is 7.90. The lowest BCUT2D eigenvalue weighted by atomic mass is 9.87. The molecule has 0 aliphatic heterocycles. The van der Waals surface area contributed by atoms with E-state index in [9.17, 15) is 4.79 Å². The van der Waals surface area contributed by atoms with Gasteiger partial charge in [0.15, 0.2) is 0 Å². The molecule has 0 saturated heterocycles. The lowest BCUT2D eigenvalue weighted by Gasteiger charge is -2.19. The van der Waals surface area contributed by atoms with Crippen molar-refractivity contribution in [2.45, 2.75) is 39.0 Å². The molecule has 0 aromatic heterocycles. The van der Waals surface area contributed by atoms with Crippen LogP contribution in [0.1, 0.15) is 39.2 Å². The maximum atomic E-state index is 10.3. The quantitative estimate of drug-likeness (QED) is 0.718. The molecule has 1 aromatic carbocycles. The van der Waals surface area contributed by atoms with E-state index >= 15 is 0 Å². The molecule has 2 N–H and O–H groups in total. The zero-order chi connectivity index (χ0) is 15.0. The second-order valence-electron chi connectivity index (χ2n) is 5.87. The minimum Gasteiger partial charge on any atom is -0.492 e. The van der Waals surface area contributed by atoms with Crippen LogP contribution in [0, 0.1) is 0 Å². The highest BCUT2D eigenvalue weighted by molar-refractivity contribution is 5.66. The van der Waals surface area contributed by atoms with Gasteiger partial charge in [0, 0.05) is 13.0 Å². The predicted molar refractivity (Wildman–Crippen MR) is 80.4 cm³/mol. The highest BCUT2D eigenvalue weighted by Gasteiger charge is 2.12. The summed E-state index contributed by atoms with van der Waals surface area (Å²) in [5.41, 5.74) is 1.45. The van der Waals surface area contributed by atoms with Crippen molar-refractivity contribution < 1.29 is 14.6 Å². The average Bonchev–Trinajstić information content (AvgIpc) is 2.37. The average molecular weight is 279 g/mol. The molecule has 0 aliphatic carbocycles. The van der Waals surface area contributed by atoms with E-state index in [0.29, 0.717) is 19.6 Å². The molecular weight excluding hydrogens is 254 g/mol. The molecule has 0 saturated carbocycles. The number of aliphatic carboxylic acids is 1. The standard InChI is InChI=1S/C16H25NO3/c1-16(2,3)13-6-8-14(9-7-13)20-12-11-17-10-4-5-15(18)19/h6-9,17H,4-5,10-12H2,1-3H3,(H,18,19). The molecule has 112 valence electrons. The molecule has 20 heavy (non-hydrogen) atoms. The van der Waals surface area contributed by atoms with Gasteiger partial charge < -0.3 is 15.2 Å². The van der Waals surface area contributed by atoms with E-state index in [1.54, 1.807) is 0 Å². The number of nitrogens with one attached hydrogen (secondary N) is 1. The van der Waals surface area contributed by atoms with Crippen LogP contribution in [0.4, 0.5) is 0 Å². The zero-order valence-corrected chi connectivity index (χ0v) is 12.6. The van der Waals surface area contributed by atoms with E-state index in [1.165, 1.54) is 5.56 Å². The van der Waals surface area contributed by atoms with Gasteiger partial charge in [0.05, 0.1) is 0 Å². The molecule has 0 atom stereocenters. The summed E-state index contributed by atoms with van der Waals surface area (Å²) in [7, 11) is 0. The first-order chi connectivity index (χ1) is 9.39. The lowest BCUT2D eigenvalue weighted by Crippen LogP contribution is -2.22. The number of ether oxygens (including phenoxy) is 1. The maximum absolute atomic E-state index is 10.3. The minimum atomic E-state index is -0.748. The Kier molecular flexibility index (Phi) is 6.52. The van der Waals surface area contributed by atoms with Gasteiger partial charge in [-0.2, -0.15) is 0 Å². The minimum absolute atomic E-state index is 0.157. The van der Waals surface area contributed by atoms with Gasteiger partial charge in [0.1, 0.15) is 12.4 Å². The number of hydrogen-bond acceptors (Lipinski definition) is 3. The molecule has 4 nitrogen and oxygen atoms in total. The van der Waals surface area contributed by atoms with Gasteiger partial charge in [-0.1, -0.05) is 32.9 Å². The Balaban J connectivity index is 2.18. The molecule has 1 rings (SSSR count). The first-order valence-electron chi connectivity index (χ1n) is 7.05. The van der Waals surface area contributed by atoms with Crippen LogP contribution in [0.25, 0.3) is 0 Å². The van der Waals surface area contributed by atoms with Crippen molar-refractivity contribution in [1.29, 1.82) is 0 Å². The van der Waals surface area contributed by atoms with Crippen LogP contribution in [-0.4, -0.2) is 30.8 Å². The second-order valence-corrected chi connectivity index (χ2v) is 5.87. The monoisotopic (exact) mass is 279 g/mol. The summed E-state index contributed by atoms with van der Waals surface area (Å²) in [5, 5.41) is 11.7. The zero-order valence-electron chi connectivity index (χ0n) is 12.6. The Bertz CT molecular complexity index is 407. The van der Waals surface area contributed by atoms with Crippen molar-refractivity contribution in [1.82, 2.24) is 5.32 Å². The highest BCUT2D eigenvalue weighted by Crippen LogP contribution is 2.24. The van der Waals surface area contributed by atoms with Crippen LogP contribution in [0.5, 0.6) is 5.75 Å². The fraction of sp³-hybridized carbons (Fsp3) is 0.562. The summed E-state index contributed by atoms with van der Waals surface area (Å²) in [6, 6.07) is 8.17. The van der Waals surface area contributed by atoms with Gasteiger partial charge in [-0.05, 0) is 36.1 Å². The summed E-state index contributed by atoms with van der Waals surface area (Å²) in [6.07, 6.45) is 0.859. The summed E-state index contributed by atoms with van der Waals surface area (Å²) in [6.45, 7) is 8.57. The number of carboxylic acid groups (broad SMARTS) is 1. The topological polar surface area (TPSA) is 58.6 Å². The van der Waals surface area contributed by atoms with Gasteiger partial charge in [0.2, 0.25) is 0 Å². The number of carbonyl (C=O) groups is 1. The molecule has 0 unspecified atom stereocenters. The fourth-order valence-corrected chi connectivity index (χ4v) is 1.78. The molecule has 0 radical (unpaired) electrons. The SMILES string of the molecule is CC(C)(C)c1ccc(OCCNCCCC(=O)O)cc1. The molecule has 0 aliphatic rings. The number of rotatable bonds is 8. The molecule has 4 heteroatoms. The molecular formula is C16H25NO3. The third-order valence-corrected chi connectivity index (χ3v) is 3.01. The van der Waals surface area contributed by atoms with Crippen molar-refractivity contribution in [3.8, 4) is 5.75 Å². The van der Waals surface area contributed by atoms with Gasteiger partial charge in [-0.25, -0.2) is 0 Å². The van der Waals surface area contributed by atoms with Gasteiger partial charge in [-0.3, -0.25) is 4.79 Å². The Morgan fingerprint density at radius 1 is 1.20 bits per heavy atom. The van der Waals surface area contributed by atoms with Crippen LogP contribution in [0.3, 0.4) is 0 Å². The highest BCUT2D eigenvalue weighted by atomic mass is 16.5. The first kappa shape index (κ1) is 16.5. The van der Waals surface area contributed by atoms with Gasteiger partial charge >= 0.3 is 5.97 Å². The van der Waals surface area contributed by atoms with E-state index in [4.69, 9.17) is 9.84 Å². The number of hydrogen-bond donors (Lipinski definition) is 2. The van der Waals surface area contributed by atoms with Crippen LogP contribution < -0.4 is 10.1 Å². The van der Waals surface area contributed by atoms with Gasteiger partial charge in [-0.15, -0.1) is 0 Å². The Morgan fingerprint density at radius 2 is 1.85 bits per heavy atom. The summed E-state index contributed by atoms with van der Waals surface area (Å²) < 4.78 is 5.62. The summed E-state index contributed by atoms with van der Waals surface area (Å²) in [5.74, 6) is 0.118. The summed E-state index contributed by atoms with van der Waals surface area (Å²) in [4.78, 5) is 10.3. The van der Waals surface area contributed by atoms with Crippen LogP contribution >= 0.6 is 0 Å². The van der Waals surface area contributed by atoms with E-state index < -0.39 is 5.97 Å². The van der Waals surface area contributed by atoms with E-state index in [-0.39, 0.29) is 11.8 Å². The van der Waals surface area contributed by atoms with E-state index in [0.717, 1.165) is 12.3 Å². The Labute approximate surface area is 121 Å². The normalized spacial score (nSPS) is 11.3. The van der Waals surface area contributed by atoms with Gasteiger partial charge in [0.25, 0.3) is 0 Å². The molecule has 0 bridgehead atoms.